The zero-order chi connectivity index (χ0) is 20.2. The van der Waals surface area contributed by atoms with Crippen molar-refractivity contribution in [3.05, 3.63) is 23.8 Å². The summed E-state index contributed by atoms with van der Waals surface area (Å²) >= 11 is -0.557. The molecule has 0 N–H and O–H groups in total. The SMILES string of the molecule is CCc1cccc(SC(F)(F)F)c1S(=O)(=O)OCP(=O)(OC)OC(C)C. The van der Waals surface area contributed by atoms with E-state index in [-0.39, 0.29) is 12.0 Å². The van der Waals surface area contributed by atoms with Crippen molar-refractivity contribution >= 4 is 29.5 Å². The molecule has 0 saturated carbocycles. The highest BCUT2D eigenvalue weighted by Gasteiger charge is 2.35. The maximum Gasteiger partial charge on any atom is 0.446 e. The molecule has 0 spiro atoms. The molecule has 1 aromatic rings. The highest BCUT2D eigenvalue weighted by Crippen LogP contribution is 2.49. The van der Waals surface area contributed by atoms with E-state index in [4.69, 9.17) is 13.2 Å². The van der Waals surface area contributed by atoms with Crippen molar-refractivity contribution in [1.82, 2.24) is 0 Å². The molecule has 1 aromatic carbocycles. The molecule has 0 aromatic heterocycles. The van der Waals surface area contributed by atoms with Gasteiger partial charge in [0.25, 0.3) is 10.1 Å². The van der Waals surface area contributed by atoms with Crippen LogP contribution in [0.1, 0.15) is 26.3 Å². The minimum absolute atomic E-state index is 0.149. The third-order valence-electron chi connectivity index (χ3n) is 2.93. The smallest absolute Gasteiger partial charge is 0.310 e. The monoisotopic (exact) mass is 436 g/mol. The Morgan fingerprint density at radius 3 is 2.35 bits per heavy atom. The largest absolute Gasteiger partial charge is 0.446 e. The van der Waals surface area contributed by atoms with Gasteiger partial charge in [-0.1, -0.05) is 19.1 Å². The van der Waals surface area contributed by atoms with Gasteiger partial charge in [-0.2, -0.15) is 21.6 Å². The number of hydrogen-bond donors (Lipinski definition) is 0. The highest BCUT2D eigenvalue weighted by molar-refractivity contribution is 8.00. The van der Waals surface area contributed by atoms with Crippen molar-refractivity contribution in [2.45, 2.75) is 48.6 Å². The zero-order valence-corrected chi connectivity index (χ0v) is 17.1. The standard InChI is InChI=1S/C14H20F3O6PS2/c1-5-11-7-6-8-12(25-14(15,16)17)13(11)26(19,20)22-9-24(18,21-4)23-10(2)3/h6-8,10H,5,9H2,1-4H3. The predicted molar refractivity (Wildman–Crippen MR) is 91.7 cm³/mol. The first-order valence-electron chi connectivity index (χ1n) is 7.44. The van der Waals surface area contributed by atoms with Crippen LogP contribution in [0.5, 0.6) is 0 Å². The van der Waals surface area contributed by atoms with Crippen molar-refractivity contribution in [1.29, 1.82) is 0 Å². The molecule has 0 heterocycles. The van der Waals surface area contributed by atoms with E-state index < -0.39 is 57.2 Å². The Balaban J connectivity index is 3.25. The van der Waals surface area contributed by atoms with Crippen LogP contribution < -0.4 is 0 Å². The fourth-order valence-electron chi connectivity index (χ4n) is 1.97. The fourth-order valence-corrected chi connectivity index (χ4v) is 5.95. The molecular weight excluding hydrogens is 416 g/mol. The van der Waals surface area contributed by atoms with E-state index in [1.165, 1.54) is 12.1 Å². The van der Waals surface area contributed by atoms with Gasteiger partial charge in [-0.25, -0.2) is 0 Å². The summed E-state index contributed by atoms with van der Waals surface area (Å²) in [7, 11) is -7.46. The maximum atomic E-state index is 12.8. The predicted octanol–water partition coefficient (Wildman–Crippen LogP) is 4.79. The molecule has 12 heteroatoms. The molecular formula is C14H20F3O6PS2. The number of aryl methyl sites for hydroxylation is 1. The maximum absolute atomic E-state index is 12.8. The summed E-state index contributed by atoms with van der Waals surface area (Å²) < 4.78 is 90.2. The van der Waals surface area contributed by atoms with E-state index in [2.05, 4.69) is 0 Å². The molecule has 1 atom stereocenters. The molecule has 6 nitrogen and oxygen atoms in total. The van der Waals surface area contributed by atoms with Gasteiger partial charge in [0, 0.05) is 12.0 Å². The molecule has 1 unspecified atom stereocenters. The van der Waals surface area contributed by atoms with E-state index in [0.29, 0.717) is 0 Å². The molecule has 0 bridgehead atoms. The minimum atomic E-state index is -4.68. The summed E-state index contributed by atoms with van der Waals surface area (Å²) in [6.45, 7) is 4.72. The molecule has 0 amide bonds. The lowest BCUT2D eigenvalue weighted by Gasteiger charge is -2.20. The number of alkyl halides is 3. The van der Waals surface area contributed by atoms with Gasteiger partial charge in [0.15, 0.2) is 6.35 Å². The van der Waals surface area contributed by atoms with Gasteiger partial charge in [-0.3, -0.25) is 8.75 Å². The first kappa shape index (κ1) is 23.5. The second-order valence-corrected chi connectivity index (χ2v) is 10.0. The second-order valence-electron chi connectivity index (χ2n) is 5.29. The number of thioether (sulfide) groups is 1. The lowest BCUT2D eigenvalue weighted by atomic mass is 10.2. The average Bonchev–Trinajstić information content (AvgIpc) is 2.50. The molecule has 0 aliphatic carbocycles. The van der Waals surface area contributed by atoms with E-state index in [0.717, 1.165) is 13.2 Å². The summed E-state index contributed by atoms with van der Waals surface area (Å²) in [4.78, 5) is -1.12. The summed E-state index contributed by atoms with van der Waals surface area (Å²) in [5, 5.41) is 0. The van der Waals surface area contributed by atoms with E-state index in [1.807, 2.05) is 0 Å². The first-order chi connectivity index (χ1) is 11.8. The van der Waals surface area contributed by atoms with Crippen LogP contribution in [0.4, 0.5) is 13.2 Å². The van der Waals surface area contributed by atoms with Crippen LogP contribution in [0, 0.1) is 0 Å². The Bertz CT molecular complexity index is 764. The molecule has 150 valence electrons. The lowest BCUT2D eigenvalue weighted by molar-refractivity contribution is -0.0329. The number of hydrogen-bond acceptors (Lipinski definition) is 7. The number of benzene rings is 1. The summed E-state index contributed by atoms with van der Waals surface area (Å²) in [5.41, 5.74) is -4.53. The Morgan fingerprint density at radius 2 is 1.88 bits per heavy atom. The molecule has 0 aliphatic heterocycles. The van der Waals surface area contributed by atoms with Gasteiger partial charge < -0.3 is 9.05 Å². The van der Waals surface area contributed by atoms with Crippen LogP contribution in [0.25, 0.3) is 0 Å². The number of rotatable bonds is 9. The Kier molecular flexibility index (Phi) is 8.19. The van der Waals surface area contributed by atoms with Crippen LogP contribution in [0.15, 0.2) is 28.0 Å². The highest BCUT2D eigenvalue weighted by atomic mass is 32.2. The van der Waals surface area contributed by atoms with Crippen LogP contribution in [-0.4, -0.2) is 33.5 Å². The molecule has 0 fully saturated rings. The lowest BCUT2D eigenvalue weighted by Crippen LogP contribution is -2.15. The van der Waals surface area contributed by atoms with Gasteiger partial charge in [-0.05, 0) is 43.7 Å². The first-order valence-corrected chi connectivity index (χ1v) is 11.4. The van der Waals surface area contributed by atoms with Crippen LogP contribution in [-0.2, 0) is 34.3 Å². The normalized spacial score (nSPS) is 15.2. The van der Waals surface area contributed by atoms with E-state index in [9.17, 15) is 26.2 Å². The third-order valence-corrected chi connectivity index (χ3v) is 7.18. The molecule has 26 heavy (non-hydrogen) atoms. The molecule has 0 saturated heterocycles. The van der Waals surface area contributed by atoms with E-state index in [1.54, 1.807) is 20.8 Å². The third kappa shape index (κ3) is 6.86. The fraction of sp³-hybridized carbons (Fsp3) is 0.571. The Morgan fingerprint density at radius 1 is 1.27 bits per heavy atom. The van der Waals surface area contributed by atoms with Gasteiger partial charge in [0.05, 0.1) is 6.10 Å². The van der Waals surface area contributed by atoms with Crippen molar-refractivity contribution in [2.24, 2.45) is 0 Å². The quantitative estimate of drug-likeness (QED) is 0.313. The minimum Gasteiger partial charge on any atom is -0.310 e. The molecule has 0 aliphatic rings. The number of halogens is 3. The average molecular weight is 436 g/mol. The van der Waals surface area contributed by atoms with Crippen molar-refractivity contribution in [3.8, 4) is 0 Å². The van der Waals surface area contributed by atoms with E-state index >= 15 is 0 Å². The topological polar surface area (TPSA) is 78.9 Å². The Labute approximate surface area is 155 Å². The zero-order valence-electron chi connectivity index (χ0n) is 14.6. The van der Waals surface area contributed by atoms with Crippen molar-refractivity contribution < 1.29 is 39.4 Å². The Hall–Kier alpha value is -0.580. The van der Waals surface area contributed by atoms with Gasteiger partial charge in [0.2, 0.25) is 0 Å². The second kappa shape index (κ2) is 9.07. The summed E-state index contributed by atoms with van der Waals surface area (Å²) in [6, 6.07) is 3.75. The molecule has 0 radical (unpaired) electrons. The van der Waals surface area contributed by atoms with Crippen LogP contribution in [0.3, 0.4) is 0 Å². The van der Waals surface area contributed by atoms with Gasteiger partial charge in [-0.15, -0.1) is 0 Å². The van der Waals surface area contributed by atoms with Crippen LogP contribution >= 0.6 is 19.4 Å². The van der Waals surface area contributed by atoms with Gasteiger partial charge in [0.1, 0.15) is 4.90 Å². The summed E-state index contributed by atoms with van der Waals surface area (Å²) in [6.07, 6.45) is -1.32. The summed E-state index contributed by atoms with van der Waals surface area (Å²) in [5.74, 6) is 0. The van der Waals surface area contributed by atoms with Crippen molar-refractivity contribution in [3.63, 3.8) is 0 Å². The van der Waals surface area contributed by atoms with Crippen molar-refractivity contribution in [2.75, 3.05) is 13.5 Å². The molecule has 1 rings (SSSR count). The van der Waals surface area contributed by atoms with Gasteiger partial charge >= 0.3 is 13.1 Å². The van der Waals surface area contributed by atoms with Crippen LogP contribution in [0.2, 0.25) is 0 Å².